The Balaban J connectivity index is 1.63. The van der Waals surface area contributed by atoms with Crippen LogP contribution >= 0.6 is 11.8 Å². The zero-order valence-corrected chi connectivity index (χ0v) is 16.3. The minimum Gasteiger partial charge on any atom is -0.339 e. The van der Waals surface area contributed by atoms with Crippen molar-refractivity contribution < 1.29 is 9.32 Å². The van der Waals surface area contributed by atoms with Crippen LogP contribution < -0.4 is 0 Å². The van der Waals surface area contributed by atoms with Gasteiger partial charge in [0.05, 0.1) is 17.0 Å². The van der Waals surface area contributed by atoms with Gasteiger partial charge in [0.15, 0.2) is 5.82 Å². The third-order valence-corrected chi connectivity index (χ3v) is 5.82. The highest BCUT2D eigenvalue weighted by molar-refractivity contribution is 7.98. The summed E-state index contributed by atoms with van der Waals surface area (Å²) in [5, 5.41) is 14.2. The van der Waals surface area contributed by atoms with E-state index < -0.39 is 0 Å². The molecule has 1 aliphatic heterocycles. The van der Waals surface area contributed by atoms with Crippen LogP contribution in [0.15, 0.2) is 15.6 Å². The van der Waals surface area contributed by atoms with Crippen molar-refractivity contribution in [2.75, 3.05) is 19.3 Å². The van der Waals surface area contributed by atoms with Gasteiger partial charge in [0, 0.05) is 24.7 Å². The minimum absolute atomic E-state index is 0.0409. The van der Waals surface area contributed by atoms with Crippen LogP contribution in [-0.4, -0.2) is 45.3 Å². The molecule has 0 aromatic carbocycles. The summed E-state index contributed by atoms with van der Waals surface area (Å²) in [6.07, 6.45) is 5.88. The predicted molar refractivity (Wildman–Crippen MR) is 99.6 cm³/mol. The van der Waals surface area contributed by atoms with E-state index in [1.807, 2.05) is 17.2 Å². The molecule has 2 aromatic heterocycles. The van der Waals surface area contributed by atoms with E-state index in [2.05, 4.69) is 21.2 Å². The van der Waals surface area contributed by atoms with E-state index in [1.54, 1.807) is 6.92 Å². The molecule has 0 radical (unpaired) electrons. The Morgan fingerprint density at radius 3 is 2.78 bits per heavy atom. The highest BCUT2D eigenvalue weighted by Crippen LogP contribution is 2.41. The molecule has 27 heavy (non-hydrogen) atoms. The topological polar surface area (TPSA) is 95.9 Å². The standard InChI is InChI=1S/C19H21N5O2S/c1-11-21-17(26-23-11)13-4-3-7-24(10-13)19(25)14-8-16(12-5-6-12)22-18(27-2)15(14)9-20/h8,12-13H,3-7,10H2,1-2H3. The molecule has 1 amide bonds. The van der Waals surface area contributed by atoms with E-state index in [1.165, 1.54) is 11.8 Å². The summed E-state index contributed by atoms with van der Waals surface area (Å²) in [4.78, 5) is 24.0. The van der Waals surface area contributed by atoms with Crippen LogP contribution in [0.25, 0.3) is 0 Å². The monoisotopic (exact) mass is 383 g/mol. The Labute approximate surface area is 162 Å². The van der Waals surface area contributed by atoms with Crippen molar-refractivity contribution in [2.24, 2.45) is 0 Å². The molecule has 2 aromatic rings. The van der Waals surface area contributed by atoms with Gasteiger partial charge in [0.2, 0.25) is 5.89 Å². The quantitative estimate of drug-likeness (QED) is 0.748. The number of aryl methyl sites for hydroxylation is 1. The van der Waals surface area contributed by atoms with E-state index in [0.717, 1.165) is 31.4 Å². The van der Waals surface area contributed by atoms with Crippen molar-refractivity contribution in [3.8, 4) is 6.07 Å². The van der Waals surface area contributed by atoms with Crippen LogP contribution in [0.4, 0.5) is 0 Å². The normalized spacial score (nSPS) is 19.7. The first-order valence-electron chi connectivity index (χ1n) is 9.19. The van der Waals surface area contributed by atoms with E-state index in [4.69, 9.17) is 4.52 Å². The smallest absolute Gasteiger partial charge is 0.255 e. The van der Waals surface area contributed by atoms with Gasteiger partial charge in [0.1, 0.15) is 11.1 Å². The van der Waals surface area contributed by atoms with Gasteiger partial charge in [-0.2, -0.15) is 10.2 Å². The summed E-state index contributed by atoms with van der Waals surface area (Å²) in [6.45, 7) is 2.99. The number of amides is 1. The second-order valence-electron chi connectivity index (χ2n) is 7.14. The van der Waals surface area contributed by atoms with Crippen LogP contribution in [0.5, 0.6) is 0 Å². The SMILES string of the molecule is CSc1nc(C2CC2)cc(C(=O)N2CCCC(c3nc(C)no3)C2)c1C#N. The molecule has 1 saturated heterocycles. The highest BCUT2D eigenvalue weighted by Gasteiger charge is 2.32. The maximum Gasteiger partial charge on any atom is 0.255 e. The first-order valence-corrected chi connectivity index (χ1v) is 10.4. The first-order chi connectivity index (χ1) is 13.1. The molecule has 0 bridgehead atoms. The van der Waals surface area contributed by atoms with Gasteiger partial charge in [-0.3, -0.25) is 4.79 Å². The molecular formula is C19H21N5O2S. The zero-order valence-electron chi connectivity index (χ0n) is 15.4. The number of nitrogens with zero attached hydrogens (tertiary/aromatic N) is 5. The fraction of sp³-hybridized carbons (Fsp3) is 0.526. The number of piperidine rings is 1. The van der Waals surface area contributed by atoms with E-state index in [-0.39, 0.29) is 11.8 Å². The summed E-state index contributed by atoms with van der Waals surface area (Å²) < 4.78 is 5.31. The average Bonchev–Trinajstić information content (AvgIpc) is 3.47. The van der Waals surface area contributed by atoms with Gasteiger partial charge in [-0.25, -0.2) is 4.98 Å². The van der Waals surface area contributed by atoms with Gasteiger partial charge in [-0.1, -0.05) is 5.16 Å². The number of carbonyl (C=O) groups is 1. The molecule has 7 nitrogen and oxygen atoms in total. The van der Waals surface area contributed by atoms with Crippen molar-refractivity contribution in [2.45, 2.75) is 49.5 Å². The van der Waals surface area contributed by atoms with Gasteiger partial charge in [0.25, 0.3) is 5.91 Å². The molecule has 1 aliphatic carbocycles. The molecule has 8 heteroatoms. The molecule has 2 fully saturated rings. The molecule has 3 heterocycles. The molecule has 0 spiro atoms. The van der Waals surface area contributed by atoms with Gasteiger partial charge in [-0.15, -0.1) is 11.8 Å². The van der Waals surface area contributed by atoms with Crippen molar-refractivity contribution in [3.05, 3.63) is 34.6 Å². The van der Waals surface area contributed by atoms with Gasteiger partial charge in [-0.05, 0) is 44.9 Å². The second kappa shape index (κ2) is 7.31. The lowest BCUT2D eigenvalue weighted by atomic mass is 9.96. The third-order valence-electron chi connectivity index (χ3n) is 5.14. The van der Waals surface area contributed by atoms with E-state index in [0.29, 0.717) is 46.9 Å². The first kappa shape index (κ1) is 18.0. The number of rotatable bonds is 4. The largest absolute Gasteiger partial charge is 0.339 e. The Hall–Kier alpha value is -2.40. The van der Waals surface area contributed by atoms with E-state index >= 15 is 0 Å². The number of hydrogen-bond donors (Lipinski definition) is 0. The fourth-order valence-electron chi connectivity index (χ4n) is 3.57. The van der Waals surface area contributed by atoms with Crippen molar-refractivity contribution in [3.63, 3.8) is 0 Å². The number of aromatic nitrogens is 3. The number of carbonyl (C=O) groups excluding carboxylic acids is 1. The number of likely N-dealkylation sites (tertiary alicyclic amines) is 1. The summed E-state index contributed by atoms with van der Waals surface area (Å²) in [7, 11) is 0. The molecule has 2 aliphatic rings. The van der Waals surface area contributed by atoms with Crippen molar-refractivity contribution >= 4 is 17.7 Å². The molecule has 1 unspecified atom stereocenters. The Kier molecular flexibility index (Phi) is 4.87. The molecule has 140 valence electrons. The molecular weight excluding hydrogens is 362 g/mol. The lowest BCUT2D eigenvalue weighted by molar-refractivity contribution is 0.0694. The fourth-order valence-corrected chi connectivity index (χ4v) is 4.12. The Morgan fingerprint density at radius 1 is 1.33 bits per heavy atom. The summed E-state index contributed by atoms with van der Waals surface area (Å²) in [5.74, 6) is 1.55. The van der Waals surface area contributed by atoms with Crippen molar-refractivity contribution in [1.82, 2.24) is 20.0 Å². The molecule has 0 N–H and O–H groups in total. The van der Waals surface area contributed by atoms with Crippen LogP contribution in [-0.2, 0) is 0 Å². The van der Waals surface area contributed by atoms with Crippen LogP contribution in [0, 0.1) is 18.3 Å². The lowest BCUT2D eigenvalue weighted by Crippen LogP contribution is -2.39. The zero-order chi connectivity index (χ0) is 19.0. The number of nitriles is 1. The Morgan fingerprint density at radius 2 is 2.15 bits per heavy atom. The predicted octanol–water partition coefficient (Wildman–Crippen LogP) is 3.26. The maximum atomic E-state index is 13.3. The molecule has 4 rings (SSSR count). The van der Waals surface area contributed by atoms with Crippen LogP contribution in [0.3, 0.4) is 0 Å². The number of hydrogen-bond acceptors (Lipinski definition) is 7. The van der Waals surface area contributed by atoms with Crippen LogP contribution in [0.2, 0.25) is 0 Å². The minimum atomic E-state index is -0.105. The maximum absolute atomic E-state index is 13.3. The van der Waals surface area contributed by atoms with Crippen molar-refractivity contribution in [1.29, 1.82) is 5.26 Å². The number of thioether (sulfide) groups is 1. The number of pyridine rings is 1. The average molecular weight is 383 g/mol. The molecule has 1 saturated carbocycles. The van der Waals surface area contributed by atoms with Gasteiger partial charge < -0.3 is 9.42 Å². The molecule has 1 atom stereocenters. The highest BCUT2D eigenvalue weighted by atomic mass is 32.2. The Bertz CT molecular complexity index is 915. The summed E-state index contributed by atoms with van der Waals surface area (Å²) >= 11 is 1.42. The third kappa shape index (κ3) is 3.56. The second-order valence-corrected chi connectivity index (χ2v) is 7.93. The van der Waals surface area contributed by atoms with E-state index in [9.17, 15) is 10.1 Å². The van der Waals surface area contributed by atoms with Crippen LogP contribution in [0.1, 0.15) is 70.8 Å². The lowest BCUT2D eigenvalue weighted by Gasteiger charge is -2.31. The van der Waals surface area contributed by atoms with Gasteiger partial charge >= 0.3 is 0 Å². The summed E-state index contributed by atoms with van der Waals surface area (Å²) in [6, 6.07) is 4.03. The summed E-state index contributed by atoms with van der Waals surface area (Å²) in [5.41, 5.74) is 1.79.